The van der Waals surface area contributed by atoms with Crippen molar-refractivity contribution in [2.45, 2.75) is 13.8 Å². The number of ether oxygens (including phenoxy) is 1. The van der Waals surface area contributed by atoms with Crippen molar-refractivity contribution >= 4 is 35.6 Å². The number of carboxylic acids is 1. The lowest BCUT2D eigenvalue weighted by Crippen LogP contribution is -2.54. The molecule has 0 unspecified atom stereocenters. The number of hydrogen-bond acceptors (Lipinski definition) is 6. The fourth-order valence-electron chi connectivity index (χ4n) is 3.54. The summed E-state index contributed by atoms with van der Waals surface area (Å²) in [6.07, 6.45) is 1.26. The molecule has 0 aliphatic carbocycles. The molecular weight excluding hydrogens is 440 g/mol. The number of carbonyl (C=O) groups is 4. The van der Waals surface area contributed by atoms with Crippen LogP contribution in [-0.4, -0.2) is 35.5 Å². The third-order valence-corrected chi connectivity index (χ3v) is 5.16. The van der Waals surface area contributed by atoms with Gasteiger partial charge in [0.25, 0.3) is 11.8 Å². The van der Waals surface area contributed by atoms with Crippen LogP contribution < -0.4 is 15.0 Å². The van der Waals surface area contributed by atoms with Gasteiger partial charge >= 0.3 is 12.0 Å². The molecule has 3 aromatic rings. The average molecular weight is 460 g/mol. The summed E-state index contributed by atoms with van der Waals surface area (Å²) in [6, 6.07) is 13.3. The van der Waals surface area contributed by atoms with E-state index in [1.807, 2.05) is 6.92 Å². The Labute approximate surface area is 194 Å². The van der Waals surface area contributed by atoms with E-state index in [0.717, 1.165) is 4.90 Å². The summed E-state index contributed by atoms with van der Waals surface area (Å²) < 4.78 is 11.2. The van der Waals surface area contributed by atoms with Crippen LogP contribution in [0.1, 0.15) is 28.6 Å². The highest BCUT2D eigenvalue weighted by atomic mass is 16.5. The van der Waals surface area contributed by atoms with E-state index in [2.05, 4.69) is 5.32 Å². The zero-order valence-electron chi connectivity index (χ0n) is 18.3. The molecule has 1 aromatic heterocycles. The Morgan fingerprint density at radius 2 is 1.82 bits per heavy atom. The normalized spacial score (nSPS) is 14.9. The third kappa shape index (κ3) is 4.31. The van der Waals surface area contributed by atoms with Crippen LogP contribution in [0.25, 0.3) is 17.4 Å². The Morgan fingerprint density at radius 1 is 1.09 bits per heavy atom. The SMILES string of the molecule is CCOc1ccc(N2C(=O)NC(=O)/C(=C\c3ccc(-c4ccc(C(=O)O)cc4C)o3)C2=O)cc1. The predicted octanol–water partition coefficient (Wildman–Crippen LogP) is 4.02. The summed E-state index contributed by atoms with van der Waals surface area (Å²) in [4.78, 5) is 49.8. The van der Waals surface area contributed by atoms with Gasteiger partial charge < -0.3 is 14.3 Å². The number of carboxylic acid groups (broad SMARTS) is 1. The summed E-state index contributed by atoms with van der Waals surface area (Å²) in [5.74, 6) is -1.43. The summed E-state index contributed by atoms with van der Waals surface area (Å²) in [7, 11) is 0. The molecule has 2 N–H and O–H groups in total. The van der Waals surface area contributed by atoms with Crippen LogP contribution in [0.3, 0.4) is 0 Å². The van der Waals surface area contributed by atoms with Gasteiger partial charge in [-0.15, -0.1) is 0 Å². The van der Waals surface area contributed by atoms with Crippen molar-refractivity contribution in [2.75, 3.05) is 11.5 Å². The maximum atomic E-state index is 13.0. The molecule has 1 aliphatic rings. The van der Waals surface area contributed by atoms with E-state index >= 15 is 0 Å². The first kappa shape index (κ1) is 22.5. The Hall–Kier alpha value is -4.66. The number of aryl methyl sites for hydroxylation is 1. The average Bonchev–Trinajstić information content (AvgIpc) is 3.26. The maximum Gasteiger partial charge on any atom is 0.335 e. The number of amides is 4. The number of hydrogen-bond donors (Lipinski definition) is 2. The lowest BCUT2D eigenvalue weighted by molar-refractivity contribution is -0.122. The molecule has 4 rings (SSSR count). The van der Waals surface area contributed by atoms with Crippen molar-refractivity contribution in [3.8, 4) is 17.1 Å². The molecule has 2 aromatic carbocycles. The van der Waals surface area contributed by atoms with Crippen LogP contribution in [0.2, 0.25) is 0 Å². The second-order valence-electron chi connectivity index (χ2n) is 7.42. The molecule has 9 heteroatoms. The second-order valence-corrected chi connectivity index (χ2v) is 7.42. The number of aromatic carboxylic acids is 1. The minimum Gasteiger partial charge on any atom is -0.494 e. The zero-order valence-corrected chi connectivity index (χ0v) is 18.3. The van der Waals surface area contributed by atoms with Gasteiger partial charge in [-0.3, -0.25) is 14.9 Å². The quantitative estimate of drug-likeness (QED) is 0.420. The number of imide groups is 2. The fourth-order valence-corrected chi connectivity index (χ4v) is 3.54. The first-order valence-corrected chi connectivity index (χ1v) is 10.4. The van der Waals surface area contributed by atoms with Crippen molar-refractivity contribution in [1.82, 2.24) is 5.32 Å². The topological polar surface area (TPSA) is 126 Å². The lowest BCUT2D eigenvalue weighted by Gasteiger charge is -2.26. The third-order valence-electron chi connectivity index (χ3n) is 5.16. The maximum absolute atomic E-state index is 13.0. The van der Waals surface area contributed by atoms with Crippen molar-refractivity contribution in [3.05, 3.63) is 77.1 Å². The highest BCUT2D eigenvalue weighted by molar-refractivity contribution is 6.39. The van der Waals surface area contributed by atoms with Crippen molar-refractivity contribution < 1.29 is 33.4 Å². The van der Waals surface area contributed by atoms with E-state index in [1.54, 1.807) is 49.4 Å². The summed E-state index contributed by atoms with van der Waals surface area (Å²) >= 11 is 0. The monoisotopic (exact) mass is 460 g/mol. The number of carbonyl (C=O) groups excluding carboxylic acids is 3. The second kappa shape index (κ2) is 9.07. The summed E-state index contributed by atoms with van der Waals surface area (Å²) in [5, 5.41) is 11.3. The molecule has 1 aliphatic heterocycles. The summed E-state index contributed by atoms with van der Waals surface area (Å²) in [6.45, 7) is 4.06. The van der Waals surface area contributed by atoms with Crippen molar-refractivity contribution in [1.29, 1.82) is 0 Å². The molecule has 0 radical (unpaired) electrons. The van der Waals surface area contributed by atoms with Crippen LogP contribution in [0.4, 0.5) is 10.5 Å². The number of urea groups is 1. The van der Waals surface area contributed by atoms with Crippen LogP contribution in [0.15, 0.2) is 64.6 Å². The Kier molecular flexibility index (Phi) is 6.01. The van der Waals surface area contributed by atoms with Gasteiger partial charge in [0.1, 0.15) is 22.8 Å². The van der Waals surface area contributed by atoms with E-state index in [1.165, 1.54) is 18.2 Å². The van der Waals surface area contributed by atoms with Crippen molar-refractivity contribution in [3.63, 3.8) is 0 Å². The molecular formula is C25H20N2O7. The van der Waals surface area contributed by atoms with Crippen LogP contribution in [-0.2, 0) is 9.59 Å². The Morgan fingerprint density at radius 3 is 2.47 bits per heavy atom. The number of nitrogens with one attached hydrogen (secondary N) is 1. The van der Waals surface area contributed by atoms with Gasteiger partial charge in [-0.2, -0.15) is 0 Å². The molecule has 0 spiro atoms. The number of nitrogens with zero attached hydrogens (tertiary/aromatic N) is 1. The Bertz CT molecular complexity index is 1340. The highest BCUT2D eigenvalue weighted by Gasteiger charge is 2.37. The van der Waals surface area contributed by atoms with Gasteiger partial charge in [-0.05, 0) is 74.0 Å². The first-order valence-electron chi connectivity index (χ1n) is 10.4. The number of benzene rings is 2. The molecule has 172 valence electrons. The Balaban J connectivity index is 1.63. The van der Waals surface area contributed by atoms with Crippen LogP contribution in [0.5, 0.6) is 5.75 Å². The van der Waals surface area contributed by atoms with E-state index in [0.29, 0.717) is 29.2 Å². The first-order chi connectivity index (χ1) is 16.3. The summed E-state index contributed by atoms with van der Waals surface area (Å²) in [5.41, 5.74) is 1.51. The van der Waals surface area contributed by atoms with Gasteiger partial charge in [-0.25, -0.2) is 14.5 Å². The van der Waals surface area contributed by atoms with E-state index < -0.39 is 23.8 Å². The minimum absolute atomic E-state index is 0.152. The molecule has 9 nitrogen and oxygen atoms in total. The fraction of sp³-hybridized carbons (Fsp3) is 0.120. The highest BCUT2D eigenvalue weighted by Crippen LogP contribution is 2.29. The van der Waals surface area contributed by atoms with E-state index in [4.69, 9.17) is 14.3 Å². The van der Waals surface area contributed by atoms with E-state index in [-0.39, 0.29) is 22.6 Å². The lowest BCUT2D eigenvalue weighted by atomic mass is 10.0. The van der Waals surface area contributed by atoms with Gasteiger partial charge in [0.05, 0.1) is 17.9 Å². The molecule has 1 fully saturated rings. The molecule has 0 atom stereocenters. The van der Waals surface area contributed by atoms with Gasteiger partial charge in [0.2, 0.25) is 0 Å². The number of furan rings is 1. The van der Waals surface area contributed by atoms with E-state index in [9.17, 15) is 19.2 Å². The van der Waals surface area contributed by atoms with Crippen LogP contribution in [0, 0.1) is 6.92 Å². The predicted molar refractivity (Wildman–Crippen MR) is 122 cm³/mol. The minimum atomic E-state index is -1.03. The molecule has 0 saturated carbocycles. The van der Waals surface area contributed by atoms with Gasteiger partial charge in [0, 0.05) is 5.56 Å². The van der Waals surface area contributed by atoms with Gasteiger partial charge in [-0.1, -0.05) is 6.07 Å². The number of anilines is 1. The molecule has 2 heterocycles. The van der Waals surface area contributed by atoms with Crippen molar-refractivity contribution in [2.24, 2.45) is 0 Å². The molecule has 34 heavy (non-hydrogen) atoms. The molecule has 1 saturated heterocycles. The molecule has 0 bridgehead atoms. The molecule has 4 amide bonds. The smallest absolute Gasteiger partial charge is 0.335 e. The largest absolute Gasteiger partial charge is 0.494 e. The number of barbiturate groups is 1. The zero-order chi connectivity index (χ0) is 24.4. The van der Waals surface area contributed by atoms with Gasteiger partial charge in [0.15, 0.2) is 0 Å². The standard InChI is InChI=1S/C25H20N2O7/c1-3-33-17-7-5-16(6-8-17)27-23(29)20(22(28)26-25(27)32)13-18-9-11-21(34-18)19-10-4-15(24(30)31)12-14(19)2/h4-13H,3H2,1-2H3,(H,30,31)(H,26,28,32)/b20-13+. The number of rotatable bonds is 6. The van der Waals surface area contributed by atoms with Crippen LogP contribution >= 0.6 is 0 Å².